The second kappa shape index (κ2) is 9.25. The number of rotatable bonds is 7. The number of fused-ring (bicyclic) bond motifs is 1. The first-order valence-electron chi connectivity index (χ1n) is 10.9. The van der Waals surface area contributed by atoms with Crippen LogP contribution >= 0.6 is 0 Å². The van der Waals surface area contributed by atoms with E-state index in [0.29, 0.717) is 36.5 Å². The quantitative estimate of drug-likeness (QED) is 0.639. The van der Waals surface area contributed by atoms with Crippen LogP contribution in [0, 0.1) is 29.6 Å². The van der Waals surface area contributed by atoms with Crippen molar-refractivity contribution in [1.29, 1.82) is 0 Å². The zero-order valence-electron chi connectivity index (χ0n) is 17.0. The van der Waals surface area contributed by atoms with Crippen LogP contribution in [0.15, 0.2) is 23.8 Å². The molecule has 1 fully saturated rings. The summed E-state index contributed by atoms with van der Waals surface area (Å²) in [5, 5.41) is 19.4. The Labute approximate surface area is 167 Å². The highest BCUT2D eigenvalue weighted by Crippen LogP contribution is 2.47. The first-order chi connectivity index (χ1) is 13.4. The second-order valence-corrected chi connectivity index (χ2v) is 8.91. The number of carbonyl (C=O) groups excluding carboxylic acids is 1. The zero-order chi connectivity index (χ0) is 20.3. The van der Waals surface area contributed by atoms with Crippen molar-refractivity contribution in [2.45, 2.75) is 77.4 Å². The molecule has 28 heavy (non-hydrogen) atoms. The van der Waals surface area contributed by atoms with Crippen LogP contribution in [0.2, 0.25) is 0 Å². The number of aliphatic hydroxyl groups is 1. The first kappa shape index (κ1) is 21.1. The Bertz CT molecular complexity index is 637. The molecule has 0 amide bonds. The average Bonchev–Trinajstić information content (AvgIpc) is 2.64. The largest absolute Gasteiger partial charge is 0.481 e. The van der Waals surface area contributed by atoms with Crippen LogP contribution in [0.1, 0.15) is 65.2 Å². The normalized spacial score (nSPS) is 36.2. The maximum Gasteiger partial charge on any atom is 0.308 e. The van der Waals surface area contributed by atoms with Gasteiger partial charge in [-0.25, -0.2) is 0 Å². The van der Waals surface area contributed by atoms with Gasteiger partial charge in [0.1, 0.15) is 6.10 Å². The summed E-state index contributed by atoms with van der Waals surface area (Å²) in [6, 6.07) is 0. The van der Waals surface area contributed by atoms with Crippen LogP contribution in [-0.2, 0) is 14.3 Å². The fourth-order valence-corrected chi connectivity index (χ4v) is 5.49. The average molecular weight is 391 g/mol. The summed E-state index contributed by atoms with van der Waals surface area (Å²) >= 11 is 0. The Balaban J connectivity index is 1.71. The highest BCUT2D eigenvalue weighted by Gasteiger charge is 2.40. The molecule has 0 saturated carbocycles. The minimum absolute atomic E-state index is 0.101. The highest BCUT2D eigenvalue weighted by atomic mass is 16.5. The third-order valence-electron chi connectivity index (χ3n) is 7.03. The van der Waals surface area contributed by atoms with Gasteiger partial charge in [0, 0.05) is 6.42 Å². The summed E-state index contributed by atoms with van der Waals surface area (Å²) in [6.45, 7) is 4.20. The first-order valence-corrected chi connectivity index (χ1v) is 10.9. The Hall–Kier alpha value is -1.62. The second-order valence-electron chi connectivity index (χ2n) is 8.91. The van der Waals surface area contributed by atoms with Crippen molar-refractivity contribution in [2.24, 2.45) is 29.6 Å². The number of ether oxygens (including phenoxy) is 1. The van der Waals surface area contributed by atoms with Crippen molar-refractivity contribution in [3.8, 4) is 0 Å². The van der Waals surface area contributed by atoms with Crippen LogP contribution < -0.4 is 0 Å². The van der Waals surface area contributed by atoms with E-state index in [2.05, 4.69) is 25.2 Å². The molecule has 5 nitrogen and oxygen atoms in total. The Morgan fingerprint density at radius 2 is 2.14 bits per heavy atom. The molecule has 7 atom stereocenters. The summed E-state index contributed by atoms with van der Waals surface area (Å²) in [4.78, 5) is 23.2. The third-order valence-corrected chi connectivity index (χ3v) is 7.03. The number of hydrogen-bond donors (Lipinski definition) is 2. The van der Waals surface area contributed by atoms with E-state index in [4.69, 9.17) is 4.74 Å². The fourth-order valence-electron chi connectivity index (χ4n) is 5.49. The van der Waals surface area contributed by atoms with Gasteiger partial charge in [0.25, 0.3) is 0 Å². The number of esters is 1. The van der Waals surface area contributed by atoms with Crippen molar-refractivity contribution < 1.29 is 24.5 Å². The van der Waals surface area contributed by atoms with E-state index in [0.717, 1.165) is 32.1 Å². The van der Waals surface area contributed by atoms with Gasteiger partial charge in [-0.3, -0.25) is 9.59 Å². The number of aliphatic carboxylic acids is 1. The summed E-state index contributed by atoms with van der Waals surface area (Å²) in [7, 11) is 0. The molecule has 3 aliphatic rings. The van der Waals surface area contributed by atoms with Crippen LogP contribution in [0.25, 0.3) is 0 Å². The smallest absolute Gasteiger partial charge is 0.308 e. The maximum atomic E-state index is 11.6. The molecule has 0 bridgehead atoms. The lowest BCUT2D eigenvalue weighted by atomic mass is 9.62. The number of aliphatic hydroxyl groups excluding tert-OH is 1. The molecular weight excluding hydrogens is 356 g/mol. The predicted molar refractivity (Wildman–Crippen MR) is 106 cm³/mol. The van der Waals surface area contributed by atoms with Gasteiger partial charge in [-0.05, 0) is 67.8 Å². The summed E-state index contributed by atoms with van der Waals surface area (Å²) in [5.74, 6) is 0.342. The lowest BCUT2D eigenvalue weighted by molar-refractivity contribution is -0.160. The Morgan fingerprint density at radius 3 is 2.82 bits per heavy atom. The molecule has 1 aliphatic heterocycles. The standard InChI is InChI=1S/C23H34O5/c1-3-15(23(26)27)11-17-6-4-5-16-8-7-14(2)20(22(16)17)10-9-19-12-18(24)13-21(25)28-19/h5,7-8,14-15,17-20,22,24H,3-4,6,9-13H2,1-2H3,(H,26,27)/t14-,15-,17-,18+,19+,20-,22+/m0/s1. The maximum absolute atomic E-state index is 11.6. The number of carboxylic acids is 1. The van der Waals surface area contributed by atoms with Crippen LogP contribution in [0.4, 0.5) is 0 Å². The minimum Gasteiger partial charge on any atom is -0.481 e. The van der Waals surface area contributed by atoms with Gasteiger partial charge in [-0.1, -0.05) is 32.1 Å². The molecule has 0 radical (unpaired) electrons. The molecule has 1 saturated heterocycles. The van der Waals surface area contributed by atoms with Crippen molar-refractivity contribution in [1.82, 2.24) is 0 Å². The lowest BCUT2D eigenvalue weighted by Crippen LogP contribution is -2.37. The van der Waals surface area contributed by atoms with Crippen molar-refractivity contribution in [3.05, 3.63) is 23.8 Å². The molecule has 156 valence electrons. The third kappa shape index (κ3) is 4.86. The predicted octanol–water partition coefficient (Wildman–Crippen LogP) is 4.11. The summed E-state index contributed by atoms with van der Waals surface area (Å²) in [5.41, 5.74) is 1.36. The van der Waals surface area contributed by atoms with E-state index >= 15 is 0 Å². The number of cyclic esters (lactones) is 1. The molecule has 0 spiro atoms. The van der Waals surface area contributed by atoms with E-state index in [1.807, 2.05) is 6.92 Å². The van der Waals surface area contributed by atoms with Gasteiger partial charge in [-0.15, -0.1) is 0 Å². The monoisotopic (exact) mass is 390 g/mol. The molecule has 3 rings (SSSR count). The molecule has 0 aromatic carbocycles. The van der Waals surface area contributed by atoms with Crippen molar-refractivity contribution in [3.63, 3.8) is 0 Å². The molecule has 0 aromatic rings. The Kier molecular flexibility index (Phi) is 6.97. The van der Waals surface area contributed by atoms with Crippen LogP contribution in [0.3, 0.4) is 0 Å². The SMILES string of the molecule is CC[C@@H](C[C@@H]1CCC=C2C=C[C@H](C)[C@H](CC[C@@H]3C[C@@H](O)CC(=O)O3)[C@H]21)C(=O)O. The minimum atomic E-state index is -0.683. The molecule has 1 heterocycles. The van der Waals surface area contributed by atoms with E-state index in [1.54, 1.807) is 0 Å². The van der Waals surface area contributed by atoms with Gasteiger partial charge in [0.2, 0.25) is 0 Å². The van der Waals surface area contributed by atoms with Gasteiger partial charge < -0.3 is 14.9 Å². The molecule has 0 aromatic heterocycles. The topological polar surface area (TPSA) is 83.8 Å². The summed E-state index contributed by atoms with van der Waals surface area (Å²) < 4.78 is 5.45. The number of carboxylic acid groups (broad SMARTS) is 1. The van der Waals surface area contributed by atoms with Crippen molar-refractivity contribution >= 4 is 11.9 Å². The van der Waals surface area contributed by atoms with Gasteiger partial charge in [-0.2, -0.15) is 0 Å². The number of carbonyl (C=O) groups is 2. The molecule has 2 N–H and O–H groups in total. The van der Waals surface area contributed by atoms with E-state index < -0.39 is 12.1 Å². The molecule has 5 heteroatoms. The zero-order valence-corrected chi connectivity index (χ0v) is 17.0. The Morgan fingerprint density at radius 1 is 1.36 bits per heavy atom. The number of hydrogen-bond acceptors (Lipinski definition) is 4. The summed E-state index contributed by atoms with van der Waals surface area (Å²) in [6.07, 6.45) is 11.8. The van der Waals surface area contributed by atoms with Crippen LogP contribution in [0.5, 0.6) is 0 Å². The molecular formula is C23H34O5. The number of allylic oxidation sites excluding steroid dienone is 4. The fraction of sp³-hybridized carbons (Fsp3) is 0.739. The van der Waals surface area contributed by atoms with E-state index in [1.165, 1.54) is 5.57 Å². The molecule has 2 aliphatic carbocycles. The van der Waals surface area contributed by atoms with Gasteiger partial charge >= 0.3 is 11.9 Å². The lowest BCUT2D eigenvalue weighted by Gasteiger charge is -2.43. The highest BCUT2D eigenvalue weighted by molar-refractivity contribution is 5.71. The van der Waals surface area contributed by atoms with Gasteiger partial charge in [0.15, 0.2) is 0 Å². The van der Waals surface area contributed by atoms with E-state index in [-0.39, 0.29) is 24.4 Å². The van der Waals surface area contributed by atoms with Crippen molar-refractivity contribution in [2.75, 3.05) is 0 Å². The van der Waals surface area contributed by atoms with Crippen LogP contribution in [-0.4, -0.2) is 34.4 Å². The van der Waals surface area contributed by atoms with Gasteiger partial charge in [0.05, 0.1) is 18.4 Å². The van der Waals surface area contributed by atoms with E-state index in [9.17, 15) is 19.8 Å². The molecule has 0 unspecified atom stereocenters.